The van der Waals surface area contributed by atoms with Gasteiger partial charge in [0, 0.05) is 0 Å². The lowest BCUT2D eigenvalue weighted by Crippen LogP contribution is -2.24. The molecule has 0 aliphatic carbocycles. The highest BCUT2D eigenvalue weighted by Gasteiger charge is 2.14. The van der Waals surface area contributed by atoms with Crippen LogP contribution in [0.2, 0.25) is 0 Å². The number of hydrogen-bond acceptors (Lipinski definition) is 4. The zero-order valence-corrected chi connectivity index (χ0v) is 7.57. The lowest BCUT2D eigenvalue weighted by atomic mass is 10.2. The molecule has 1 unspecified atom stereocenters. The summed E-state index contributed by atoms with van der Waals surface area (Å²) in [5, 5.41) is 0. The van der Waals surface area contributed by atoms with E-state index in [0.29, 0.717) is 6.61 Å². The van der Waals surface area contributed by atoms with Gasteiger partial charge in [-0.1, -0.05) is 13.8 Å². The predicted molar refractivity (Wildman–Crippen MR) is 42.4 cm³/mol. The van der Waals surface area contributed by atoms with Gasteiger partial charge in [0.15, 0.2) is 6.10 Å². The molecule has 0 bridgehead atoms. The van der Waals surface area contributed by atoms with E-state index >= 15 is 0 Å². The van der Waals surface area contributed by atoms with Gasteiger partial charge in [-0.3, -0.25) is 4.79 Å². The summed E-state index contributed by atoms with van der Waals surface area (Å²) < 4.78 is 9.18. The molecule has 70 valence electrons. The van der Waals surface area contributed by atoms with Crippen molar-refractivity contribution in [2.24, 2.45) is 5.92 Å². The summed E-state index contributed by atoms with van der Waals surface area (Å²) in [5.41, 5.74) is 0. The third kappa shape index (κ3) is 4.71. The molecule has 0 fully saturated rings. The first kappa shape index (κ1) is 10.9. The maximum atomic E-state index is 10.9. The van der Waals surface area contributed by atoms with Crippen LogP contribution in [0.25, 0.3) is 0 Å². The molecule has 0 aromatic rings. The third-order valence-electron chi connectivity index (χ3n) is 1.15. The van der Waals surface area contributed by atoms with Crippen molar-refractivity contribution >= 4 is 12.4 Å². The monoisotopic (exact) mass is 174 g/mol. The van der Waals surface area contributed by atoms with Gasteiger partial charge in [-0.25, -0.2) is 4.79 Å². The van der Waals surface area contributed by atoms with Gasteiger partial charge in [0.25, 0.3) is 6.47 Å². The first-order chi connectivity index (χ1) is 5.57. The Morgan fingerprint density at radius 1 is 1.42 bits per heavy atom. The van der Waals surface area contributed by atoms with Gasteiger partial charge in [0.2, 0.25) is 0 Å². The molecule has 0 radical (unpaired) electrons. The fourth-order valence-electron chi connectivity index (χ4n) is 0.505. The largest absolute Gasteiger partial charge is 0.463 e. The van der Waals surface area contributed by atoms with Crippen molar-refractivity contribution in [2.45, 2.75) is 26.9 Å². The second-order valence-electron chi connectivity index (χ2n) is 2.90. The summed E-state index contributed by atoms with van der Waals surface area (Å²) in [6.45, 7) is 5.92. The van der Waals surface area contributed by atoms with Crippen LogP contribution >= 0.6 is 0 Å². The van der Waals surface area contributed by atoms with Crippen LogP contribution in [-0.2, 0) is 19.1 Å². The van der Waals surface area contributed by atoms with Crippen LogP contribution < -0.4 is 0 Å². The van der Waals surface area contributed by atoms with Crippen molar-refractivity contribution < 1.29 is 19.1 Å². The maximum absolute atomic E-state index is 10.9. The minimum absolute atomic E-state index is 0.237. The molecule has 0 aromatic heterocycles. The topological polar surface area (TPSA) is 52.6 Å². The van der Waals surface area contributed by atoms with E-state index in [4.69, 9.17) is 4.74 Å². The molecule has 4 heteroatoms. The number of esters is 1. The summed E-state index contributed by atoms with van der Waals surface area (Å²) in [6, 6.07) is 0. The van der Waals surface area contributed by atoms with E-state index in [9.17, 15) is 9.59 Å². The number of ether oxygens (including phenoxy) is 2. The van der Waals surface area contributed by atoms with Crippen molar-refractivity contribution in [2.75, 3.05) is 6.61 Å². The average Bonchev–Trinajstić information content (AvgIpc) is 2.00. The molecule has 0 aliphatic rings. The van der Waals surface area contributed by atoms with E-state index in [2.05, 4.69) is 4.74 Å². The van der Waals surface area contributed by atoms with Crippen LogP contribution in [-0.4, -0.2) is 25.2 Å². The Hall–Kier alpha value is -1.06. The molecular weight excluding hydrogens is 160 g/mol. The van der Waals surface area contributed by atoms with Crippen molar-refractivity contribution in [3.8, 4) is 0 Å². The first-order valence-electron chi connectivity index (χ1n) is 3.83. The third-order valence-corrected chi connectivity index (χ3v) is 1.15. The van der Waals surface area contributed by atoms with E-state index < -0.39 is 12.1 Å². The Balaban J connectivity index is 3.63. The summed E-state index contributed by atoms with van der Waals surface area (Å²) in [7, 11) is 0. The molecule has 1 atom stereocenters. The van der Waals surface area contributed by atoms with Gasteiger partial charge in [-0.2, -0.15) is 0 Å². The molecule has 0 spiro atoms. The lowest BCUT2D eigenvalue weighted by molar-refractivity contribution is -0.161. The molecule has 0 N–H and O–H groups in total. The molecule has 0 aliphatic heterocycles. The Morgan fingerprint density at radius 3 is 2.42 bits per heavy atom. The second-order valence-corrected chi connectivity index (χ2v) is 2.90. The molecule has 4 nitrogen and oxygen atoms in total. The highest BCUT2D eigenvalue weighted by Crippen LogP contribution is 1.97. The predicted octanol–water partition coefficient (Wildman–Crippen LogP) is 0.747. The lowest BCUT2D eigenvalue weighted by Gasteiger charge is -2.10. The van der Waals surface area contributed by atoms with Gasteiger partial charge in [0.05, 0.1) is 6.61 Å². The number of carbonyl (C=O) groups is 2. The van der Waals surface area contributed by atoms with E-state index in [1.807, 2.05) is 13.8 Å². The summed E-state index contributed by atoms with van der Waals surface area (Å²) in [4.78, 5) is 20.8. The summed E-state index contributed by atoms with van der Waals surface area (Å²) in [6.07, 6.45) is -0.804. The van der Waals surface area contributed by atoms with Crippen LogP contribution in [0.1, 0.15) is 20.8 Å². The maximum Gasteiger partial charge on any atom is 0.347 e. The Labute approximate surface area is 71.8 Å². The number of hydrogen-bond donors (Lipinski definition) is 0. The first-order valence-corrected chi connectivity index (χ1v) is 3.83. The average molecular weight is 174 g/mol. The van der Waals surface area contributed by atoms with Gasteiger partial charge < -0.3 is 9.47 Å². The van der Waals surface area contributed by atoms with Gasteiger partial charge in [-0.05, 0) is 12.8 Å². The van der Waals surface area contributed by atoms with Crippen LogP contribution in [0.15, 0.2) is 0 Å². The fraction of sp³-hybridized carbons (Fsp3) is 0.750. The van der Waals surface area contributed by atoms with Crippen molar-refractivity contribution in [3.63, 3.8) is 0 Å². The van der Waals surface area contributed by atoms with Crippen LogP contribution in [0.3, 0.4) is 0 Å². The van der Waals surface area contributed by atoms with Crippen molar-refractivity contribution in [1.29, 1.82) is 0 Å². The quantitative estimate of drug-likeness (QED) is 0.456. The van der Waals surface area contributed by atoms with Crippen molar-refractivity contribution in [3.05, 3.63) is 0 Å². The smallest absolute Gasteiger partial charge is 0.347 e. The van der Waals surface area contributed by atoms with E-state index in [0.717, 1.165) is 0 Å². The van der Waals surface area contributed by atoms with Crippen LogP contribution in [0.5, 0.6) is 0 Å². The molecule has 0 amide bonds. The second kappa shape index (κ2) is 5.57. The zero-order chi connectivity index (χ0) is 9.56. The van der Waals surface area contributed by atoms with E-state index in [1.54, 1.807) is 0 Å². The Morgan fingerprint density at radius 2 is 2.00 bits per heavy atom. The zero-order valence-electron chi connectivity index (χ0n) is 7.57. The SMILES string of the molecule is CC(C)COC(=O)C(C)OC=O. The van der Waals surface area contributed by atoms with E-state index in [1.165, 1.54) is 6.92 Å². The molecule has 12 heavy (non-hydrogen) atoms. The molecule has 0 aromatic carbocycles. The molecule has 0 saturated carbocycles. The summed E-state index contributed by atoms with van der Waals surface area (Å²) >= 11 is 0. The number of rotatable bonds is 5. The van der Waals surface area contributed by atoms with Gasteiger partial charge >= 0.3 is 5.97 Å². The molecule has 0 rings (SSSR count). The molecular formula is C8H14O4. The minimum Gasteiger partial charge on any atom is -0.463 e. The van der Waals surface area contributed by atoms with E-state index in [-0.39, 0.29) is 12.4 Å². The van der Waals surface area contributed by atoms with Gasteiger partial charge in [-0.15, -0.1) is 0 Å². The molecule has 0 heterocycles. The number of carbonyl (C=O) groups excluding carboxylic acids is 2. The molecule has 0 saturated heterocycles. The van der Waals surface area contributed by atoms with Gasteiger partial charge in [0.1, 0.15) is 0 Å². The normalized spacial score (nSPS) is 12.3. The van der Waals surface area contributed by atoms with Crippen molar-refractivity contribution in [1.82, 2.24) is 0 Å². The highest BCUT2D eigenvalue weighted by atomic mass is 16.6. The van der Waals surface area contributed by atoms with Crippen LogP contribution in [0.4, 0.5) is 0 Å². The van der Waals surface area contributed by atoms with Crippen LogP contribution in [0, 0.1) is 5.92 Å². The minimum atomic E-state index is -0.804. The highest BCUT2D eigenvalue weighted by molar-refractivity contribution is 5.75. The Bertz CT molecular complexity index is 153. The Kier molecular flexibility index (Phi) is 5.08. The standard InChI is InChI=1S/C8H14O4/c1-6(2)4-11-8(10)7(3)12-5-9/h5-7H,4H2,1-3H3. The summed E-state index contributed by atoms with van der Waals surface area (Å²) in [5.74, 6) is -0.215. The fourth-order valence-corrected chi connectivity index (χ4v) is 0.505.